The van der Waals surface area contributed by atoms with Crippen LogP contribution >= 0.6 is 0 Å². The number of hydrogen-bond donors (Lipinski definition) is 1. The van der Waals surface area contributed by atoms with Crippen molar-refractivity contribution in [3.63, 3.8) is 0 Å². The van der Waals surface area contributed by atoms with E-state index in [4.69, 9.17) is 5.73 Å². The third kappa shape index (κ3) is 2.55. The Morgan fingerprint density at radius 3 is 2.63 bits per heavy atom. The van der Waals surface area contributed by atoms with Crippen molar-refractivity contribution < 1.29 is 8.42 Å². The van der Waals surface area contributed by atoms with Gasteiger partial charge in [0.2, 0.25) is 0 Å². The van der Waals surface area contributed by atoms with Crippen LogP contribution in [0.2, 0.25) is 0 Å². The molecule has 1 aliphatic heterocycles. The zero-order valence-electron chi connectivity index (χ0n) is 11.5. The summed E-state index contributed by atoms with van der Waals surface area (Å²) in [6.07, 6.45) is 1.71. The zero-order chi connectivity index (χ0) is 14.0. The summed E-state index contributed by atoms with van der Waals surface area (Å²) in [4.78, 5) is 0. The molecule has 0 atom stereocenters. The van der Waals surface area contributed by atoms with Crippen LogP contribution in [0.25, 0.3) is 0 Å². The van der Waals surface area contributed by atoms with E-state index in [2.05, 4.69) is 0 Å². The summed E-state index contributed by atoms with van der Waals surface area (Å²) < 4.78 is 28.2. The second-order valence-electron chi connectivity index (χ2n) is 4.66. The summed E-state index contributed by atoms with van der Waals surface area (Å²) in [5.41, 5.74) is 8.24. The van der Waals surface area contributed by atoms with Gasteiger partial charge in [-0.2, -0.15) is 12.7 Å². The molecule has 106 valence electrons. The maximum atomic E-state index is 12.6. The van der Waals surface area contributed by atoms with E-state index in [1.54, 1.807) is 6.07 Å². The number of nitrogens with two attached hydrogens (primary N) is 1. The molecule has 0 bridgehead atoms. The van der Waals surface area contributed by atoms with Gasteiger partial charge in [-0.3, -0.25) is 4.31 Å². The molecule has 0 aliphatic carbocycles. The molecule has 1 aromatic carbocycles. The Kier molecular flexibility index (Phi) is 4.01. The molecular formula is C13H21N3O2S. The number of benzene rings is 1. The quantitative estimate of drug-likeness (QED) is 0.854. The van der Waals surface area contributed by atoms with E-state index in [-0.39, 0.29) is 0 Å². The molecule has 1 aliphatic rings. The average Bonchev–Trinajstić information content (AvgIpc) is 2.38. The van der Waals surface area contributed by atoms with Crippen LogP contribution in [0.15, 0.2) is 18.2 Å². The minimum absolute atomic E-state index is 0.486. The lowest BCUT2D eigenvalue weighted by molar-refractivity contribution is 0.440. The Bertz CT molecular complexity index is 553. The van der Waals surface area contributed by atoms with E-state index in [0.717, 1.165) is 24.1 Å². The van der Waals surface area contributed by atoms with Crippen molar-refractivity contribution in [2.45, 2.75) is 26.7 Å². The number of nitrogens with zero attached hydrogens (tertiary/aromatic N) is 2. The van der Waals surface area contributed by atoms with Crippen LogP contribution < -0.4 is 10.0 Å². The molecule has 1 heterocycles. The first-order valence-corrected chi connectivity index (χ1v) is 8.06. The summed E-state index contributed by atoms with van der Waals surface area (Å²) in [6.45, 7) is 5.22. The fraction of sp³-hybridized carbons (Fsp3) is 0.538. The first kappa shape index (κ1) is 14.1. The summed E-state index contributed by atoms with van der Waals surface area (Å²) in [6, 6.07) is 5.44. The fourth-order valence-electron chi connectivity index (χ4n) is 2.51. The molecule has 19 heavy (non-hydrogen) atoms. The van der Waals surface area contributed by atoms with Crippen LogP contribution in [0.3, 0.4) is 0 Å². The van der Waals surface area contributed by atoms with Crippen molar-refractivity contribution in [2.24, 2.45) is 0 Å². The molecule has 0 fully saturated rings. The van der Waals surface area contributed by atoms with Gasteiger partial charge in [-0.1, -0.05) is 13.8 Å². The van der Waals surface area contributed by atoms with Crippen LogP contribution in [0.4, 0.5) is 11.4 Å². The number of rotatable bonds is 4. The Labute approximate surface area is 115 Å². The van der Waals surface area contributed by atoms with Gasteiger partial charge in [-0.15, -0.1) is 0 Å². The molecule has 0 amide bonds. The number of nitrogen functional groups attached to an aromatic ring is 1. The number of anilines is 2. The lowest BCUT2D eigenvalue weighted by Gasteiger charge is -2.34. The first-order chi connectivity index (χ1) is 9.00. The Hall–Kier alpha value is -1.27. The van der Waals surface area contributed by atoms with Crippen molar-refractivity contribution in [1.29, 1.82) is 0 Å². The van der Waals surface area contributed by atoms with Crippen LogP contribution in [-0.2, 0) is 16.6 Å². The molecule has 0 saturated heterocycles. The topological polar surface area (TPSA) is 66.6 Å². The standard InChI is InChI=1S/C13H21N3O2S/c1-3-15(4-2)19(17,18)16-9-5-6-11-10-12(14)7-8-13(11)16/h7-8,10H,3-6,9,14H2,1-2H3. The summed E-state index contributed by atoms with van der Waals surface area (Å²) >= 11 is 0. The highest BCUT2D eigenvalue weighted by atomic mass is 32.2. The van der Waals surface area contributed by atoms with Crippen LogP contribution in [0.5, 0.6) is 0 Å². The third-order valence-electron chi connectivity index (χ3n) is 3.49. The number of fused-ring (bicyclic) bond motifs is 1. The van der Waals surface area contributed by atoms with Crippen molar-refractivity contribution in [3.05, 3.63) is 23.8 Å². The highest BCUT2D eigenvalue weighted by molar-refractivity contribution is 7.90. The smallest absolute Gasteiger partial charge is 0.304 e. The van der Waals surface area contributed by atoms with Gasteiger partial charge in [0.1, 0.15) is 0 Å². The van der Waals surface area contributed by atoms with Gasteiger partial charge in [0.05, 0.1) is 5.69 Å². The van der Waals surface area contributed by atoms with E-state index in [9.17, 15) is 8.42 Å². The molecule has 1 aromatic rings. The maximum absolute atomic E-state index is 12.6. The molecule has 0 saturated carbocycles. The van der Waals surface area contributed by atoms with Crippen molar-refractivity contribution in [1.82, 2.24) is 4.31 Å². The molecule has 0 unspecified atom stereocenters. The van der Waals surface area contributed by atoms with Crippen LogP contribution in [-0.4, -0.2) is 32.4 Å². The van der Waals surface area contributed by atoms with E-state index in [0.29, 0.717) is 25.3 Å². The lowest BCUT2D eigenvalue weighted by Crippen LogP contribution is -2.45. The fourth-order valence-corrected chi connectivity index (χ4v) is 4.23. The van der Waals surface area contributed by atoms with E-state index >= 15 is 0 Å². The SMILES string of the molecule is CCN(CC)S(=O)(=O)N1CCCc2cc(N)ccc21. The molecule has 0 spiro atoms. The maximum Gasteiger partial charge on any atom is 0.304 e. The average molecular weight is 283 g/mol. The van der Waals surface area contributed by atoms with E-state index in [1.807, 2.05) is 26.0 Å². The molecular weight excluding hydrogens is 262 g/mol. The Morgan fingerprint density at radius 2 is 2.00 bits per heavy atom. The van der Waals surface area contributed by atoms with Gasteiger partial charge < -0.3 is 5.73 Å². The van der Waals surface area contributed by atoms with Gasteiger partial charge in [-0.25, -0.2) is 0 Å². The van der Waals surface area contributed by atoms with E-state index in [1.165, 1.54) is 8.61 Å². The molecule has 5 nitrogen and oxygen atoms in total. The van der Waals surface area contributed by atoms with Crippen molar-refractivity contribution in [3.8, 4) is 0 Å². The molecule has 2 N–H and O–H groups in total. The van der Waals surface area contributed by atoms with Crippen LogP contribution in [0.1, 0.15) is 25.8 Å². The lowest BCUT2D eigenvalue weighted by atomic mass is 10.0. The molecule has 2 rings (SSSR count). The van der Waals surface area contributed by atoms with Crippen molar-refractivity contribution >= 4 is 21.6 Å². The Morgan fingerprint density at radius 1 is 1.32 bits per heavy atom. The minimum atomic E-state index is -3.42. The second-order valence-corrected chi connectivity index (χ2v) is 6.51. The zero-order valence-corrected chi connectivity index (χ0v) is 12.3. The summed E-state index contributed by atoms with van der Waals surface area (Å²) in [5, 5.41) is 0. The molecule has 6 heteroatoms. The van der Waals surface area contributed by atoms with Gasteiger partial charge >= 0.3 is 10.2 Å². The Balaban J connectivity index is 2.44. The van der Waals surface area contributed by atoms with Gasteiger partial charge in [-0.05, 0) is 36.6 Å². The second kappa shape index (κ2) is 5.38. The van der Waals surface area contributed by atoms with E-state index < -0.39 is 10.2 Å². The minimum Gasteiger partial charge on any atom is -0.399 e. The number of hydrogen-bond acceptors (Lipinski definition) is 3. The first-order valence-electron chi connectivity index (χ1n) is 6.67. The normalized spacial score (nSPS) is 15.6. The monoisotopic (exact) mass is 283 g/mol. The molecule has 0 radical (unpaired) electrons. The number of aryl methyl sites for hydroxylation is 1. The summed E-state index contributed by atoms with van der Waals surface area (Å²) in [5.74, 6) is 0. The van der Waals surface area contributed by atoms with Gasteiger partial charge in [0, 0.05) is 25.3 Å². The van der Waals surface area contributed by atoms with Crippen LogP contribution in [0, 0.1) is 0 Å². The van der Waals surface area contributed by atoms with Gasteiger partial charge in [0.15, 0.2) is 0 Å². The molecule has 0 aromatic heterocycles. The van der Waals surface area contributed by atoms with Crippen molar-refractivity contribution in [2.75, 3.05) is 29.7 Å². The highest BCUT2D eigenvalue weighted by Gasteiger charge is 2.31. The predicted molar refractivity (Wildman–Crippen MR) is 78.4 cm³/mol. The third-order valence-corrected chi connectivity index (χ3v) is 5.60. The van der Waals surface area contributed by atoms with Gasteiger partial charge in [0.25, 0.3) is 0 Å². The largest absolute Gasteiger partial charge is 0.399 e. The summed E-state index contributed by atoms with van der Waals surface area (Å²) in [7, 11) is -3.42. The highest BCUT2D eigenvalue weighted by Crippen LogP contribution is 2.31. The predicted octanol–water partition coefficient (Wildman–Crippen LogP) is 1.61.